The number of hydrogen-bond donors (Lipinski definition) is 1. The molecule has 0 amide bonds. The normalized spacial score (nSPS) is 13.6. The molecule has 2 nitrogen and oxygen atoms in total. The van der Waals surface area contributed by atoms with Gasteiger partial charge in [0.2, 0.25) is 0 Å². The van der Waals surface area contributed by atoms with Crippen molar-refractivity contribution in [2.45, 2.75) is 45.6 Å². The second kappa shape index (κ2) is 5.40. The number of aliphatic hydroxyl groups is 1. The van der Waals surface area contributed by atoms with Crippen LogP contribution in [0.25, 0.3) is 0 Å². The van der Waals surface area contributed by atoms with Gasteiger partial charge in [0, 0.05) is 6.42 Å². The number of benzene rings is 1. The molecule has 96 valence electrons. The van der Waals surface area contributed by atoms with Crippen LogP contribution in [0.5, 0.6) is 5.75 Å². The van der Waals surface area contributed by atoms with Gasteiger partial charge in [0.05, 0.1) is 17.7 Å². The zero-order chi connectivity index (χ0) is 13.2. The molecule has 0 fully saturated rings. The Morgan fingerprint density at radius 1 is 1.35 bits per heavy atom. The molecule has 0 saturated carbocycles. The Morgan fingerprint density at radius 2 is 1.94 bits per heavy atom. The van der Waals surface area contributed by atoms with Crippen LogP contribution in [0, 0.1) is 0 Å². The van der Waals surface area contributed by atoms with Crippen molar-refractivity contribution < 1.29 is 9.84 Å². The lowest BCUT2D eigenvalue weighted by Crippen LogP contribution is -2.13. The lowest BCUT2D eigenvalue weighted by molar-refractivity contribution is 0.194. The molecule has 0 bridgehead atoms. The lowest BCUT2D eigenvalue weighted by Gasteiger charge is -2.22. The van der Waals surface area contributed by atoms with Crippen molar-refractivity contribution in [2.75, 3.05) is 7.11 Å². The van der Waals surface area contributed by atoms with Crippen LogP contribution in [0.3, 0.4) is 0 Å². The SMILES string of the molecule is COc1c(Br)cc(C(C)(C)C)cc1CC(C)O. The summed E-state index contributed by atoms with van der Waals surface area (Å²) in [7, 11) is 1.66. The summed E-state index contributed by atoms with van der Waals surface area (Å²) in [6.45, 7) is 8.31. The van der Waals surface area contributed by atoms with Crippen molar-refractivity contribution in [3.05, 3.63) is 27.7 Å². The molecule has 1 N–H and O–H groups in total. The molecule has 0 spiro atoms. The van der Waals surface area contributed by atoms with Crippen LogP contribution in [-0.2, 0) is 11.8 Å². The van der Waals surface area contributed by atoms with E-state index < -0.39 is 0 Å². The van der Waals surface area contributed by atoms with E-state index in [1.54, 1.807) is 14.0 Å². The molecule has 0 saturated heterocycles. The quantitative estimate of drug-likeness (QED) is 0.923. The average molecular weight is 301 g/mol. The highest BCUT2D eigenvalue weighted by molar-refractivity contribution is 9.10. The maximum atomic E-state index is 9.54. The van der Waals surface area contributed by atoms with Gasteiger partial charge in [0.15, 0.2) is 0 Å². The van der Waals surface area contributed by atoms with Crippen molar-refractivity contribution in [2.24, 2.45) is 0 Å². The highest BCUT2D eigenvalue weighted by atomic mass is 79.9. The van der Waals surface area contributed by atoms with Crippen LogP contribution < -0.4 is 4.74 Å². The minimum atomic E-state index is -0.369. The van der Waals surface area contributed by atoms with Crippen molar-refractivity contribution in [3.63, 3.8) is 0 Å². The van der Waals surface area contributed by atoms with E-state index in [1.165, 1.54) is 5.56 Å². The topological polar surface area (TPSA) is 29.5 Å². The second-order valence-electron chi connectivity index (χ2n) is 5.45. The molecule has 0 radical (unpaired) electrons. The van der Waals surface area contributed by atoms with Crippen LogP contribution in [0.4, 0.5) is 0 Å². The predicted octanol–water partition coefficient (Wildman–Crippen LogP) is 3.68. The van der Waals surface area contributed by atoms with Crippen LogP contribution in [-0.4, -0.2) is 18.3 Å². The van der Waals surface area contributed by atoms with Gasteiger partial charge in [-0.3, -0.25) is 0 Å². The Bertz CT molecular complexity index is 392. The molecular formula is C14H21BrO2. The summed E-state index contributed by atoms with van der Waals surface area (Å²) >= 11 is 3.53. The summed E-state index contributed by atoms with van der Waals surface area (Å²) in [6.07, 6.45) is 0.233. The fourth-order valence-corrected chi connectivity index (χ4v) is 2.45. The molecule has 0 aliphatic carbocycles. The van der Waals surface area contributed by atoms with Crippen molar-refractivity contribution >= 4 is 15.9 Å². The summed E-state index contributed by atoms with van der Waals surface area (Å²) in [6, 6.07) is 4.21. The van der Waals surface area contributed by atoms with Crippen LogP contribution in [0.1, 0.15) is 38.8 Å². The van der Waals surface area contributed by atoms with Gasteiger partial charge in [-0.05, 0) is 45.5 Å². The van der Waals surface area contributed by atoms with E-state index in [9.17, 15) is 5.11 Å². The molecule has 1 unspecified atom stereocenters. The number of halogens is 1. The largest absolute Gasteiger partial charge is 0.495 e. The number of rotatable bonds is 3. The fourth-order valence-electron chi connectivity index (χ4n) is 1.78. The van der Waals surface area contributed by atoms with E-state index in [-0.39, 0.29) is 11.5 Å². The molecule has 0 heterocycles. The van der Waals surface area contributed by atoms with E-state index in [1.807, 2.05) is 0 Å². The van der Waals surface area contributed by atoms with Gasteiger partial charge in [-0.15, -0.1) is 0 Å². The smallest absolute Gasteiger partial charge is 0.136 e. The highest BCUT2D eigenvalue weighted by Gasteiger charge is 2.19. The molecule has 0 aliphatic rings. The van der Waals surface area contributed by atoms with Gasteiger partial charge in [0.25, 0.3) is 0 Å². The number of methoxy groups -OCH3 is 1. The van der Waals surface area contributed by atoms with E-state index in [2.05, 4.69) is 48.8 Å². The van der Waals surface area contributed by atoms with Gasteiger partial charge in [-0.1, -0.05) is 26.8 Å². The first kappa shape index (κ1) is 14.5. The van der Waals surface area contributed by atoms with E-state index in [0.29, 0.717) is 6.42 Å². The Labute approximate surface area is 112 Å². The zero-order valence-corrected chi connectivity index (χ0v) is 12.8. The minimum absolute atomic E-state index is 0.0856. The van der Waals surface area contributed by atoms with Crippen molar-refractivity contribution in [3.8, 4) is 5.75 Å². The summed E-state index contributed by atoms with van der Waals surface area (Å²) in [5, 5.41) is 9.54. The van der Waals surface area contributed by atoms with Crippen LogP contribution in [0.15, 0.2) is 16.6 Å². The van der Waals surface area contributed by atoms with Crippen LogP contribution >= 0.6 is 15.9 Å². The minimum Gasteiger partial charge on any atom is -0.495 e. The summed E-state index contributed by atoms with van der Waals surface area (Å²) in [5.74, 6) is 0.818. The molecular weight excluding hydrogens is 280 g/mol. The highest BCUT2D eigenvalue weighted by Crippen LogP contribution is 2.35. The standard InChI is InChI=1S/C14H21BrO2/c1-9(16)6-10-7-11(14(2,3)4)8-12(15)13(10)17-5/h7-9,16H,6H2,1-5H3. The average Bonchev–Trinajstić information content (AvgIpc) is 2.14. The van der Waals surface area contributed by atoms with E-state index in [4.69, 9.17) is 4.74 Å². The fraction of sp³-hybridized carbons (Fsp3) is 0.571. The van der Waals surface area contributed by atoms with E-state index >= 15 is 0 Å². The van der Waals surface area contributed by atoms with E-state index in [0.717, 1.165) is 15.8 Å². The summed E-state index contributed by atoms with van der Waals surface area (Å²) in [5.41, 5.74) is 2.37. The third kappa shape index (κ3) is 3.71. The Hall–Kier alpha value is -0.540. The third-order valence-electron chi connectivity index (χ3n) is 2.71. The van der Waals surface area contributed by atoms with Gasteiger partial charge >= 0.3 is 0 Å². The van der Waals surface area contributed by atoms with Gasteiger partial charge in [0.1, 0.15) is 5.75 Å². The van der Waals surface area contributed by atoms with Crippen molar-refractivity contribution in [1.82, 2.24) is 0 Å². The molecule has 0 aliphatic heterocycles. The molecule has 3 heteroatoms. The van der Waals surface area contributed by atoms with Gasteiger partial charge in [-0.25, -0.2) is 0 Å². The third-order valence-corrected chi connectivity index (χ3v) is 3.30. The predicted molar refractivity (Wildman–Crippen MR) is 74.8 cm³/mol. The monoisotopic (exact) mass is 300 g/mol. The Morgan fingerprint density at radius 3 is 2.35 bits per heavy atom. The Balaban J connectivity index is 3.28. The molecule has 1 aromatic carbocycles. The molecule has 17 heavy (non-hydrogen) atoms. The molecule has 1 aromatic rings. The first-order valence-corrected chi connectivity index (χ1v) is 6.60. The summed E-state index contributed by atoms with van der Waals surface area (Å²) < 4.78 is 6.33. The Kier molecular flexibility index (Phi) is 4.62. The first-order valence-electron chi connectivity index (χ1n) is 5.80. The number of hydrogen-bond acceptors (Lipinski definition) is 2. The maximum Gasteiger partial charge on any atom is 0.136 e. The molecule has 1 atom stereocenters. The van der Waals surface area contributed by atoms with Gasteiger partial charge < -0.3 is 9.84 Å². The second-order valence-corrected chi connectivity index (χ2v) is 6.31. The zero-order valence-electron chi connectivity index (χ0n) is 11.2. The number of ether oxygens (including phenoxy) is 1. The number of aliphatic hydroxyl groups excluding tert-OH is 1. The first-order chi connectivity index (χ1) is 7.75. The maximum absolute atomic E-state index is 9.54. The van der Waals surface area contributed by atoms with Gasteiger partial charge in [-0.2, -0.15) is 0 Å². The lowest BCUT2D eigenvalue weighted by atomic mass is 9.85. The summed E-state index contributed by atoms with van der Waals surface area (Å²) in [4.78, 5) is 0. The molecule has 1 rings (SSSR count). The molecule has 0 aromatic heterocycles. The van der Waals surface area contributed by atoms with Crippen LogP contribution in [0.2, 0.25) is 0 Å². The van der Waals surface area contributed by atoms with Crippen molar-refractivity contribution in [1.29, 1.82) is 0 Å².